The van der Waals surface area contributed by atoms with E-state index in [9.17, 15) is 19.7 Å². The van der Waals surface area contributed by atoms with Gasteiger partial charge in [0.15, 0.2) is 5.17 Å². The number of nitro groups is 1. The Kier molecular flexibility index (Phi) is 5.33. The third-order valence-electron chi connectivity index (χ3n) is 5.09. The highest BCUT2D eigenvalue weighted by atomic mass is 32.2. The largest absolute Gasteiger partial charge is 0.466 e. The molecule has 1 saturated carbocycles. The van der Waals surface area contributed by atoms with E-state index >= 15 is 0 Å². The van der Waals surface area contributed by atoms with Crippen LogP contribution in [0.1, 0.15) is 37.8 Å². The molecule has 10 heteroatoms. The van der Waals surface area contributed by atoms with Crippen molar-refractivity contribution in [3.63, 3.8) is 0 Å². The van der Waals surface area contributed by atoms with E-state index in [1.807, 2.05) is 5.41 Å². The zero-order valence-corrected chi connectivity index (χ0v) is 17.3. The second-order valence-electron chi connectivity index (χ2n) is 7.26. The van der Waals surface area contributed by atoms with Crippen LogP contribution in [0, 0.1) is 10.1 Å². The average Bonchev–Trinajstić information content (AvgIpc) is 3.45. The van der Waals surface area contributed by atoms with Crippen molar-refractivity contribution in [3.8, 4) is 0 Å². The van der Waals surface area contributed by atoms with Crippen molar-refractivity contribution in [1.29, 1.82) is 0 Å². The third-order valence-corrected chi connectivity index (χ3v) is 5.98. The number of allylic oxidation sites excluding steroid dienone is 1. The Labute approximate surface area is 177 Å². The maximum atomic E-state index is 12.6. The average molecular weight is 428 g/mol. The van der Waals surface area contributed by atoms with E-state index in [1.165, 1.54) is 31.0 Å². The number of amidine groups is 1. The molecular weight excluding hydrogens is 408 g/mol. The number of amides is 1. The van der Waals surface area contributed by atoms with Crippen molar-refractivity contribution >= 4 is 34.5 Å². The van der Waals surface area contributed by atoms with Gasteiger partial charge in [-0.2, -0.15) is 0 Å². The Balaban J connectivity index is 1.75. The number of carbonyl (C=O) groups excluding carboxylic acids is 2. The van der Waals surface area contributed by atoms with Crippen LogP contribution >= 0.6 is 11.8 Å². The molecule has 1 aromatic carbocycles. The molecule has 9 nitrogen and oxygen atoms in total. The minimum absolute atomic E-state index is 0.0812. The number of hydrogen-bond acceptors (Lipinski definition) is 8. The molecule has 156 valence electrons. The summed E-state index contributed by atoms with van der Waals surface area (Å²) in [6, 6.07) is 5.70. The van der Waals surface area contributed by atoms with Crippen LogP contribution in [-0.2, 0) is 14.3 Å². The van der Waals surface area contributed by atoms with Gasteiger partial charge >= 0.3 is 5.97 Å². The monoisotopic (exact) mass is 428 g/mol. The molecule has 0 aromatic heterocycles. The lowest BCUT2D eigenvalue weighted by Gasteiger charge is -2.36. The molecular formula is C20H20N4O5S. The van der Waals surface area contributed by atoms with Crippen LogP contribution in [0.2, 0.25) is 0 Å². The number of ether oxygens (including phenoxy) is 1. The van der Waals surface area contributed by atoms with E-state index in [1.54, 1.807) is 24.0 Å². The summed E-state index contributed by atoms with van der Waals surface area (Å²) in [4.78, 5) is 42.2. The van der Waals surface area contributed by atoms with Gasteiger partial charge in [0.1, 0.15) is 0 Å². The van der Waals surface area contributed by atoms with Gasteiger partial charge in [-0.3, -0.25) is 14.9 Å². The maximum Gasteiger partial charge on any atom is 0.338 e. The van der Waals surface area contributed by atoms with Crippen molar-refractivity contribution in [2.24, 2.45) is 4.99 Å². The fourth-order valence-electron chi connectivity index (χ4n) is 3.54. The fraction of sp³-hybridized carbons (Fsp3) is 0.350. The van der Waals surface area contributed by atoms with Gasteiger partial charge in [-0.15, -0.1) is 0 Å². The molecule has 0 radical (unpaired) electrons. The standard InChI is InChI=1S/C20H20N4O5S/c1-11-17(19(26)29-2)18(12-4-3-5-14(8-12)24(27)28)23-15(10-30-20(23)21-11)9-16(25)22-13-6-7-13/h3-5,8,10,13,18H,6-7,9H2,1-2H3,(H,22,25). The molecule has 4 rings (SSSR count). The van der Waals surface area contributed by atoms with E-state index in [-0.39, 0.29) is 29.6 Å². The van der Waals surface area contributed by atoms with Gasteiger partial charge in [0.05, 0.1) is 35.8 Å². The molecule has 2 heterocycles. The smallest absolute Gasteiger partial charge is 0.338 e. The highest BCUT2D eigenvalue weighted by molar-refractivity contribution is 8.16. The molecule has 1 aliphatic carbocycles. The molecule has 0 bridgehead atoms. The van der Waals surface area contributed by atoms with E-state index in [4.69, 9.17) is 4.74 Å². The molecule has 30 heavy (non-hydrogen) atoms. The number of methoxy groups -OCH3 is 1. The molecule has 1 atom stereocenters. The molecule has 1 aromatic rings. The summed E-state index contributed by atoms with van der Waals surface area (Å²) >= 11 is 1.36. The van der Waals surface area contributed by atoms with Gasteiger partial charge in [0.25, 0.3) is 5.69 Å². The van der Waals surface area contributed by atoms with E-state index in [0.29, 0.717) is 22.1 Å². The number of fused-ring (bicyclic) bond motifs is 1. The van der Waals surface area contributed by atoms with Crippen molar-refractivity contribution in [2.45, 2.75) is 38.3 Å². The van der Waals surface area contributed by atoms with Crippen molar-refractivity contribution < 1.29 is 19.2 Å². The first-order valence-corrected chi connectivity index (χ1v) is 10.3. The molecule has 1 amide bonds. The summed E-state index contributed by atoms with van der Waals surface area (Å²) in [5.74, 6) is -0.667. The Hall–Kier alpha value is -3.14. The minimum Gasteiger partial charge on any atom is -0.466 e. The normalized spacial score (nSPS) is 20.3. The Morgan fingerprint density at radius 3 is 2.83 bits per heavy atom. The highest BCUT2D eigenvalue weighted by Gasteiger charge is 2.41. The summed E-state index contributed by atoms with van der Waals surface area (Å²) in [5.41, 5.74) is 1.92. The SMILES string of the molecule is COC(=O)C1=C(C)N=C2SC=C(CC(=O)NC3CC3)N2C1c1cccc([N+](=O)[O-])c1. The fourth-order valence-corrected chi connectivity index (χ4v) is 4.50. The predicted molar refractivity (Wildman–Crippen MR) is 111 cm³/mol. The number of nitro benzene ring substituents is 1. The first-order valence-electron chi connectivity index (χ1n) is 9.45. The van der Waals surface area contributed by atoms with Gasteiger partial charge in [-0.1, -0.05) is 23.9 Å². The Bertz CT molecular complexity index is 1030. The Morgan fingerprint density at radius 2 is 2.17 bits per heavy atom. The predicted octanol–water partition coefficient (Wildman–Crippen LogP) is 3.01. The lowest BCUT2D eigenvalue weighted by atomic mass is 9.93. The number of benzene rings is 1. The molecule has 1 fully saturated rings. The zero-order valence-electron chi connectivity index (χ0n) is 16.5. The number of carbonyl (C=O) groups is 2. The molecule has 1 unspecified atom stereocenters. The molecule has 2 aliphatic heterocycles. The summed E-state index contributed by atoms with van der Waals surface area (Å²) in [7, 11) is 1.28. The van der Waals surface area contributed by atoms with Gasteiger partial charge < -0.3 is 15.0 Å². The number of hydrogen-bond donors (Lipinski definition) is 1. The zero-order chi connectivity index (χ0) is 21.4. The minimum atomic E-state index is -0.681. The van der Waals surface area contributed by atoms with Crippen LogP contribution in [0.5, 0.6) is 0 Å². The molecule has 0 spiro atoms. The second kappa shape index (κ2) is 7.94. The molecule has 3 aliphatic rings. The number of thioether (sulfide) groups is 1. The van der Waals surface area contributed by atoms with Crippen LogP contribution < -0.4 is 5.32 Å². The van der Waals surface area contributed by atoms with Gasteiger partial charge in [0, 0.05) is 23.9 Å². The summed E-state index contributed by atoms with van der Waals surface area (Å²) in [6.45, 7) is 1.71. The number of nitrogens with one attached hydrogen (secondary N) is 1. The van der Waals surface area contributed by atoms with E-state index < -0.39 is 16.9 Å². The van der Waals surface area contributed by atoms with Crippen LogP contribution in [0.3, 0.4) is 0 Å². The number of aliphatic imine (C=N–C) groups is 1. The third kappa shape index (κ3) is 3.82. The number of rotatable bonds is 6. The summed E-state index contributed by atoms with van der Waals surface area (Å²) < 4.78 is 4.98. The molecule has 0 saturated heterocycles. The van der Waals surface area contributed by atoms with Crippen LogP contribution in [0.4, 0.5) is 5.69 Å². The van der Waals surface area contributed by atoms with Gasteiger partial charge in [0.2, 0.25) is 5.91 Å². The molecule has 1 N–H and O–H groups in total. The van der Waals surface area contributed by atoms with Gasteiger partial charge in [-0.05, 0) is 30.7 Å². The van der Waals surface area contributed by atoms with Crippen molar-refractivity contribution in [2.75, 3.05) is 7.11 Å². The summed E-state index contributed by atoms with van der Waals surface area (Å²) in [6.07, 6.45) is 2.10. The maximum absolute atomic E-state index is 12.6. The highest BCUT2D eigenvalue weighted by Crippen LogP contribution is 2.45. The summed E-state index contributed by atoms with van der Waals surface area (Å²) in [5, 5.41) is 16.7. The Morgan fingerprint density at radius 1 is 1.40 bits per heavy atom. The van der Waals surface area contributed by atoms with Gasteiger partial charge in [-0.25, -0.2) is 9.79 Å². The number of non-ortho nitro benzene ring substituents is 1. The second-order valence-corrected chi connectivity index (χ2v) is 8.09. The number of nitrogens with zero attached hydrogens (tertiary/aromatic N) is 3. The first kappa shape index (κ1) is 20.1. The number of esters is 1. The first-order chi connectivity index (χ1) is 14.4. The van der Waals surface area contributed by atoms with Crippen molar-refractivity contribution in [3.05, 3.63) is 62.3 Å². The lowest BCUT2D eigenvalue weighted by molar-refractivity contribution is -0.384. The van der Waals surface area contributed by atoms with E-state index in [2.05, 4.69) is 10.3 Å². The van der Waals surface area contributed by atoms with Crippen LogP contribution in [0.25, 0.3) is 0 Å². The van der Waals surface area contributed by atoms with E-state index in [0.717, 1.165) is 12.8 Å². The topological polar surface area (TPSA) is 114 Å². The lowest BCUT2D eigenvalue weighted by Crippen LogP contribution is -2.38. The van der Waals surface area contributed by atoms with Crippen LogP contribution in [-0.4, -0.2) is 40.0 Å². The van der Waals surface area contributed by atoms with Crippen molar-refractivity contribution in [1.82, 2.24) is 10.2 Å². The quantitative estimate of drug-likeness (QED) is 0.421. The van der Waals surface area contributed by atoms with Crippen LogP contribution in [0.15, 0.2) is 51.6 Å².